The monoisotopic (exact) mass is 416 g/mol. The summed E-state index contributed by atoms with van der Waals surface area (Å²) in [6.45, 7) is -0.183. The van der Waals surface area contributed by atoms with Gasteiger partial charge < -0.3 is 14.6 Å². The van der Waals surface area contributed by atoms with E-state index in [-0.39, 0.29) is 28.8 Å². The summed E-state index contributed by atoms with van der Waals surface area (Å²) in [7, 11) is 1.83. The Kier molecular flexibility index (Phi) is 6.65. The number of rotatable bonds is 7. The Labute approximate surface area is 171 Å². The highest BCUT2D eigenvalue weighted by atomic mass is 32.2. The minimum atomic E-state index is -0.752. The summed E-state index contributed by atoms with van der Waals surface area (Å²) >= 11 is 1.27. The molecule has 0 unspecified atom stereocenters. The molecule has 1 aromatic carbocycles. The van der Waals surface area contributed by atoms with E-state index in [1.54, 1.807) is 35.2 Å². The molecule has 3 amide bonds. The SMILES string of the molecule is Cn1ccnc1SCC(=O)Nc1ccccc1C(=O)OCC(=O)N1CCCC1=O. The van der Waals surface area contributed by atoms with E-state index >= 15 is 0 Å². The number of imidazole rings is 1. The van der Waals surface area contributed by atoms with Crippen molar-refractivity contribution in [2.75, 3.05) is 24.2 Å². The van der Waals surface area contributed by atoms with Crippen LogP contribution < -0.4 is 5.32 Å². The molecule has 9 nitrogen and oxygen atoms in total. The van der Waals surface area contributed by atoms with Crippen molar-refractivity contribution in [3.63, 3.8) is 0 Å². The summed E-state index contributed by atoms with van der Waals surface area (Å²) in [5.41, 5.74) is 0.413. The number of carbonyl (C=O) groups excluding carboxylic acids is 4. The van der Waals surface area contributed by atoms with Gasteiger partial charge in [-0.25, -0.2) is 9.78 Å². The molecule has 0 radical (unpaired) electrons. The van der Waals surface area contributed by atoms with E-state index in [0.717, 1.165) is 4.90 Å². The first kappa shape index (κ1) is 20.6. The molecule has 1 N–H and O–H groups in total. The standard InChI is InChI=1S/C19H20N4O5S/c1-22-10-8-20-19(22)29-12-15(24)21-14-6-3-2-5-13(14)18(27)28-11-17(26)23-9-4-7-16(23)25/h2-3,5-6,8,10H,4,7,9,11-12H2,1H3,(H,21,24). The highest BCUT2D eigenvalue weighted by Gasteiger charge is 2.27. The number of para-hydroxylation sites is 1. The first-order chi connectivity index (χ1) is 14.0. The van der Waals surface area contributed by atoms with Crippen LogP contribution in [0.3, 0.4) is 0 Å². The smallest absolute Gasteiger partial charge is 0.340 e. The molecule has 152 valence electrons. The average Bonchev–Trinajstić information content (AvgIpc) is 3.32. The molecule has 29 heavy (non-hydrogen) atoms. The van der Waals surface area contributed by atoms with E-state index in [0.29, 0.717) is 24.5 Å². The number of hydrogen-bond acceptors (Lipinski definition) is 7. The molecular formula is C19H20N4O5S. The summed E-state index contributed by atoms with van der Waals surface area (Å²) in [5, 5.41) is 3.37. The van der Waals surface area contributed by atoms with Crippen LogP contribution in [0.5, 0.6) is 0 Å². The normalized spacial score (nSPS) is 13.4. The highest BCUT2D eigenvalue weighted by Crippen LogP contribution is 2.19. The lowest BCUT2D eigenvalue weighted by Crippen LogP contribution is -2.35. The van der Waals surface area contributed by atoms with Crippen LogP contribution in [-0.2, 0) is 26.2 Å². The summed E-state index contributed by atoms with van der Waals surface area (Å²) in [5.74, 6) is -1.75. The van der Waals surface area contributed by atoms with Crippen molar-refractivity contribution >= 4 is 41.1 Å². The van der Waals surface area contributed by atoms with Crippen molar-refractivity contribution in [1.82, 2.24) is 14.5 Å². The molecule has 1 aliphatic rings. The number of aryl methyl sites for hydroxylation is 1. The van der Waals surface area contributed by atoms with E-state index < -0.39 is 18.5 Å². The van der Waals surface area contributed by atoms with Gasteiger partial charge in [0.15, 0.2) is 11.8 Å². The molecule has 0 aliphatic carbocycles. The zero-order valence-corrected chi connectivity index (χ0v) is 16.6. The maximum atomic E-state index is 12.4. The number of benzene rings is 1. The highest BCUT2D eigenvalue weighted by molar-refractivity contribution is 7.99. The third kappa shape index (κ3) is 5.23. The van der Waals surface area contributed by atoms with Crippen molar-refractivity contribution in [2.45, 2.75) is 18.0 Å². The van der Waals surface area contributed by atoms with Gasteiger partial charge in [0.25, 0.3) is 5.91 Å². The van der Waals surface area contributed by atoms with Crippen LogP contribution in [0.2, 0.25) is 0 Å². The first-order valence-electron chi connectivity index (χ1n) is 8.95. The summed E-state index contributed by atoms with van der Waals surface area (Å²) in [4.78, 5) is 53.5. The molecule has 1 aromatic heterocycles. The fourth-order valence-corrected chi connectivity index (χ4v) is 3.50. The molecule has 1 saturated heterocycles. The molecule has 0 bridgehead atoms. The number of ether oxygens (including phenoxy) is 1. The molecule has 0 atom stereocenters. The Balaban J connectivity index is 1.56. The minimum Gasteiger partial charge on any atom is -0.452 e. The largest absolute Gasteiger partial charge is 0.452 e. The number of thioether (sulfide) groups is 1. The molecule has 10 heteroatoms. The van der Waals surface area contributed by atoms with Crippen LogP contribution >= 0.6 is 11.8 Å². The van der Waals surface area contributed by atoms with Gasteiger partial charge in [0.1, 0.15) is 0 Å². The van der Waals surface area contributed by atoms with Gasteiger partial charge in [0.05, 0.1) is 17.0 Å². The number of esters is 1. The third-order valence-corrected chi connectivity index (χ3v) is 5.29. The van der Waals surface area contributed by atoms with Crippen molar-refractivity contribution in [3.8, 4) is 0 Å². The predicted molar refractivity (Wildman–Crippen MR) is 105 cm³/mol. The second kappa shape index (κ2) is 9.37. The number of carbonyl (C=O) groups is 4. The zero-order chi connectivity index (χ0) is 20.8. The van der Waals surface area contributed by atoms with E-state index in [1.165, 1.54) is 17.8 Å². The second-order valence-electron chi connectivity index (χ2n) is 6.32. The minimum absolute atomic E-state index is 0.115. The number of nitrogens with zero attached hydrogens (tertiary/aromatic N) is 3. The molecule has 3 rings (SSSR count). The van der Waals surface area contributed by atoms with Crippen molar-refractivity contribution in [2.24, 2.45) is 7.05 Å². The van der Waals surface area contributed by atoms with Crippen molar-refractivity contribution < 1.29 is 23.9 Å². The van der Waals surface area contributed by atoms with Gasteiger partial charge in [-0.15, -0.1) is 0 Å². The zero-order valence-electron chi connectivity index (χ0n) is 15.8. The predicted octanol–water partition coefficient (Wildman–Crippen LogP) is 1.46. The Morgan fingerprint density at radius 3 is 2.76 bits per heavy atom. The number of imide groups is 1. The number of likely N-dealkylation sites (tertiary alicyclic amines) is 1. The van der Waals surface area contributed by atoms with Crippen LogP contribution in [0.15, 0.2) is 41.8 Å². The molecular weight excluding hydrogens is 396 g/mol. The number of hydrogen-bond donors (Lipinski definition) is 1. The first-order valence-corrected chi connectivity index (χ1v) is 9.93. The van der Waals surface area contributed by atoms with E-state index in [1.807, 2.05) is 7.05 Å². The second-order valence-corrected chi connectivity index (χ2v) is 7.26. The molecule has 2 aromatic rings. The number of nitrogens with one attached hydrogen (secondary N) is 1. The summed E-state index contributed by atoms with van der Waals surface area (Å²) < 4.78 is 6.85. The van der Waals surface area contributed by atoms with E-state index in [2.05, 4.69) is 10.3 Å². The van der Waals surface area contributed by atoms with Gasteiger partial charge in [-0.05, 0) is 18.6 Å². The van der Waals surface area contributed by atoms with Crippen LogP contribution in [0.4, 0.5) is 5.69 Å². The summed E-state index contributed by atoms with van der Waals surface area (Å²) in [6.07, 6.45) is 4.36. The van der Waals surface area contributed by atoms with Crippen LogP contribution in [0.25, 0.3) is 0 Å². The lowest BCUT2D eigenvalue weighted by atomic mass is 10.2. The maximum Gasteiger partial charge on any atom is 0.340 e. The maximum absolute atomic E-state index is 12.4. The number of anilines is 1. The Bertz CT molecular complexity index is 942. The molecule has 1 fully saturated rings. The number of amides is 3. The van der Waals surface area contributed by atoms with Crippen LogP contribution in [0, 0.1) is 0 Å². The molecule has 0 spiro atoms. The van der Waals surface area contributed by atoms with Crippen LogP contribution in [0.1, 0.15) is 23.2 Å². The Morgan fingerprint density at radius 2 is 2.07 bits per heavy atom. The van der Waals surface area contributed by atoms with Gasteiger partial charge in [0, 0.05) is 32.4 Å². The fourth-order valence-electron chi connectivity index (χ4n) is 2.77. The molecule has 2 heterocycles. The van der Waals surface area contributed by atoms with E-state index in [4.69, 9.17) is 4.74 Å². The fraction of sp³-hybridized carbons (Fsp3) is 0.316. The van der Waals surface area contributed by atoms with Crippen LogP contribution in [-0.4, -0.2) is 57.0 Å². The van der Waals surface area contributed by atoms with Gasteiger partial charge in [-0.1, -0.05) is 23.9 Å². The third-order valence-electron chi connectivity index (χ3n) is 4.23. The van der Waals surface area contributed by atoms with Gasteiger partial charge >= 0.3 is 5.97 Å². The van der Waals surface area contributed by atoms with Crippen molar-refractivity contribution in [3.05, 3.63) is 42.2 Å². The molecule has 0 saturated carbocycles. The average molecular weight is 416 g/mol. The Morgan fingerprint density at radius 1 is 1.28 bits per heavy atom. The van der Waals surface area contributed by atoms with E-state index in [9.17, 15) is 19.2 Å². The number of aromatic nitrogens is 2. The lowest BCUT2D eigenvalue weighted by Gasteiger charge is -2.14. The summed E-state index contributed by atoms with van der Waals surface area (Å²) in [6, 6.07) is 6.37. The topological polar surface area (TPSA) is 111 Å². The van der Waals surface area contributed by atoms with Gasteiger partial charge in [-0.2, -0.15) is 0 Å². The quantitative estimate of drug-likeness (QED) is 0.537. The van der Waals surface area contributed by atoms with Crippen molar-refractivity contribution in [1.29, 1.82) is 0 Å². The Hall–Kier alpha value is -3.14. The molecule has 1 aliphatic heterocycles. The lowest BCUT2D eigenvalue weighted by molar-refractivity contribution is -0.143. The van der Waals surface area contributed by atoms with Gasteiger partial charge in [-0.3, -0.25) is 19.3 Å². The van der Waals surface area contributed by atoms with Gasteiger partial charge in [0.2, 0.25) is 11.8 Å².